The van der Waals surface area contributed by atoms with Gasteiger partial charge in [-0.1, -0.05) is 25.1 Å². The Morgan fingerprint density at radius 2 is 2.05 bits per heavy atom. The van der Waals surface area contributed by atoms with E-state index in [9.17, 15) is 4.79 Å². The highest BCUT2D eigenvalue weighted by atomic mass is 16.1. The second-order valence-electron chi connectivity index (χ2n) is 6.09. The molecule has 2 aromatic rings. The molecule has 4 nitrogen and oxygen atoms in total. The molecule has 0 radical (unpaired) electrons. The first-order valence-corrected chi connectivity index (χ1v) is 7.80. The second kappa shape index (κ2) is 6.31. The minimum Gasteiger partial charge on any atom is -0.371 e. The number of likely N-dealkylation sites (tertiary alicyclic amines) is 1. The van der Waals surface area contributed by atoms with Gasteiger partial charge in [0.2, 0.25) is 0 Å². The Kier molecular flexibility index (Phi) is 4.25. The molecule has 0 saturated carbocycles. The normalized spacial score (nSPS) is 17.2. The van der Waals surface area contributed by atoms with E-state index in [4.69, 9.17) is 0 Å². The Hall–Kier alpha value is -1.81. The Balaban J connectivity index is 1.63. The number of benzene rings is 1. The summed E-state index contributed by atoms with van der Waals surface area (Å²) in [6.45, 7) is 6.73. The van der Waals surface area contributed by atoms with Gasteiger partial charge < -0.3 is 15.2 Å². The SMILES string of the molecule is CC(CNc1cc2ccccc2c(=O)[nH]1)CN1CCCC1. The molecule has 21 heavy (non-hydrogen) atoms. The van der Waals surface area contributed by atoms with Crippen LogP contribution in [0, 0.1) is 5.92 Å². The Bertz CT molecular complexity index is 658. The van der Waals surface area contributed by atoms with E-state index in [1.54, 1.807) is 0 Å². The summed E-state index contributed by atoms with van der Waals surface area (Å²) in [5.74, 6) is 1.38. The van der Waals surface area contributed by atoms with Gasteiger partial charge in [0.25, 0.3) is 5.56 Å². The number of rotatable bonds is 5. The van der Waals surface area contributed by atoms with E-state index in [1.165, 1.54) is 25.9 Å². The van der Waals surface area contributed by atoms with Crippen LogP contribution in [0.5, 0.6) is 0 Å². The van der Waals surface area contributed by atoms with E-state index in [1.807, 2.05) is 30.3 Å². The fraction of sp³-hybridized carbons (Fsp3) is 0.471. The number of pyridine rings is 1. The molecule has 1 aromatic heterocycles. The lowest BCUT2D eigenvalue weighted by Gasteiger charge is -2.20. The highest BCUT2D eigenvalue weighted by molar-refractivity contribution is 5.83. The van der Waals surface area contributed by atoms with E-state index >= 15 is 0 Å². The number of H-pyrrole nitrogens is 1. The number of nitrogens with one attached hydrogen (secondary N) is 2. The smallest absolute Gasteiger partial charge is 0.257 e. The minimum atomic E-state index is -0.0252. The lowest BCUT2D eigenvalue weighted by molar-refractivity contribution is 0.294. The van der Waals surface area contributed by atoms with Crippen molar-refractivity contribution in [3.8, 4) is 0 Å². The molecule has 0 spiro atoms. The van der Waals surface area contributed by atoms with Crippen LogP contribution in [0.1, 0.15) is 19.8 Å². The van der Waals surface area contributed by atoms with Crippen molar-refractivity contribution < 1.29 is 0 Å². The van der Waals surface area contributed by atoms with Gasteiger partial charge in [0, 0.05) is 18.5 Å². The molecule has 4 heteroatoms. The van der Waals surface area contributed by atoms with Crippen molar-refractivity contribution >= 4 is 16.6 Å². The summed E-state index contributed by atoms with van der Waals surface area (Å²) in [4.78, 5) is 17.5. The fourth-order valence-corrected chi connectivity index (χ4v) is 3.06. The molecule has 2 N–H and O–H groups in total. The number of hydrogen-bond donors (Lipinski definition) is 2. The molecule has 1 unspecified atom stereocenters. The molecule has 1 aliphatic heterocycles. The van der Waals surface area contributed by atoms with Gasteiger partial charge in [-0.25, -0.2) is 0 Å². The Labute approximate surface area is 125 Å². The van der Waals surface area contributed by atoms with Gasteiger partial charge in [-0.3, -0.25) is 4.79 Å². The number of anilines is 1. The van der Waals surface area contributed by atoms with Gasteiger partial charge in [0.1, 0.15) is 5.82 Å². The van der Waals surface area contributed by atoms with Crippen LogP contribution >= 0.6 is 0 Å². The van der Waals surface area contributed by atoms with Crippen molar-refractivity contribution in [1.82, 2.24) is 9.88 Å². The molecule has 1 atom stereocenters. The van der Waals surface area contributed by atoms with Crippen molar-refractivity contribution in [2.45, 2.75) is 19.8 Å². The zero-order chi connectivity index (χ0) is 14.7. The van der Waals surface area contributed by atoms with E-state index in [0.717, 1.165) is 29.7 Å². The summed E-state index contributed by atoms with van der Waals surface area (Å²) >= 11 is 0. The summed E-state index contributed by atoms with van der Waals surface area (Å²) in [5.41, 5.74) is -0.0252. The van der Waals surface area contributed by atoms with Crippen LogP contribution in [-0.2, 0) is 0 Å². The van der Waals surface area contributed by atoms with Crippen molar-refractivity contribution in [1.29, 1.82) is 0 Å². The molecule has 1 aromatic carbocycles. The molecule has 2 heterocycles. The predicted molar refractivity (Wildman–Crippen MR) is 87.9 cm³/mol. The predicted octanol–water partition coefficient (Wildman–Crippen LogP) is 2.67. The quantitative estimate of drug-likeness (QED) is 0.888. The van der Waals surface area contributed by atoms with E-state index in [-0.39, 0.29) is 5.56 Å². The third-order valence-electron chi connectivity index (χ3n) is 4.16. The summed E-state index contributed by atoms with van der Waals surface area (Å²) in [6.07, 6.45) is 2.66. The maximum Gasteiger partial charge on any atom is 0.257 e. The van der Waals surface area contributed by atoms with E-state index in [0.29, 0.717) is 5.92 Å². The highest BCUT2D eigenvalue weighted by Gasteiger charge is 2.14. The average Bonchev–Trinajstić information content (AvgIpc) is 2.98. The maximum atomic E-state index is 12.0. The van der Waals surface area contributed by atoms with E-state index in [2.05, 4.69) is 22.1 Å². The fourth-order valence-electron chi connectivity index (χ4n) is 3.06. The average molecular weight is 285 g/mol. The number of fused-ring (bicyclic) bond motifs is 1. The molecule has 0 aliphatic carbocycles. The highest BCUT2D eigenvalue weighted by Crippen LogP contribution is 2.14. The van der Waals surface area contributed by atoms with Crippen molar-refractivity contribution in [3.63, 3.8) is 0 Å². The zero-order valence-corrected chi connectivity index (χ0v) is 12.6. The van der Waals surface area contributed by atoms with Gasteiger partial charge >= 0.3 is 0 Å². The minimum absolute atomic E-state index is 0.0252. The summed E-state index contributed by atoms with van der Waals surface area (Å²) in [5, 5.41) is 5.10. The number of aromatic amines is 1. The van der Waals surface area contributed by atoms with Crippen molar-refractivity contribution in [3.05, 3.63) is 40.7 Å². The number of nitrogens with zero attached hydrogens (tertiary/aromatic N) is 1. The molecule has 1 aliphatic rings. The first kappa shape index (κ1) is 14.1. The molecule has 3 rings (SSSR count). The van der Waals surface area contributed by atoms with Crippen LogP contribution in [0.2, 0.25) is 0 Å². The first-order valence-electron chi connectivity index (χ1n) is 7.80. The molecule has 0 bridgehead atoms. The molecular formula is C17H23N3O. The zero-order valence-electron chi connectivity index (χ0n) is 12.6. The summed E-state index contributed by atoms with van der Waals surface area (Å²) in [6, 6.07) is 9.70. The monoisotopic (exact) mass is 285 g/mol. The van der Waals surface area contributed by atoms with Gasteiger partial charge in [-0.05, 0) is 49.4 Å². The molecule has 0 amide bonds. The van der Waals surface area contributed by atoms with Gasteiger partial charge in [0.05, 0.1) is 0 Å². The molecule has 1 fully saturated rings. The Morgan fingerprint density at radius 3 is 2.86 bits per heavy atom. The van der Waals surface area contributed by atoms with Crippen LogP contribution < -0.4 is 10.9 Å². The second-order valence-corrected chi connectivity index (χ2v) is 6.09. The third-order valence-corrected chi connectivity index (χ3v) is 4.16. The van der Waals surface area contributed by atoms with Crippen LogP contribution in [0.25, 0.3) is 10.8 Å². The largest absolute Gasteiger partial charge is 0.371 e. The van der Waals surface area contributed by atoms with Gasteiger partial charge in [-0.2, -0.15) is 0 Å². The number of hydrogen-bond acceptors (Lipinski definition) is 3. The number of aromatic nitrogens is 1. The molecular weight excluding hydrogens is 262 g/mol. The van der Waals surface area contributed by atoms with Crippen LogP contribution in [0.3, 0.4) is 0 Å². The first-order chi connectivity index (χ1) is 10.2. The van der Waals surface area contributed by atoms with Crippen molar-refractivity contribution in [2.75, 3.05) is 31.5 Å². The third kappa shape index (κ3) is 3.45. The summed E-state index contributed by atoms with van der Waals surface area (Å²) in [7, 11) is 0. The standard InChI is InChI=1S/C17H23N3O/c1-13(12-20-8-4-5-9-20)11-18-16-10-14-6-2-3-7-15(14)17(21)19-16/h2-3,6-7,10,13H,4-5,8-9,11-12H2,1H3,(H2,18,19,21). The van der Waals surface area contributed by atoms with Crippen LogP contribution in [0.4, 0.5) is 5.82 Å². The molecule has 1 saturated heterocycles. The maximum absolute atomic E-state index is 12.0. The van der Waals surface area contributed by atoms with Crippen LogP contribution in [-0.4, -0.2) is 36.1 Å². The van der Waals surface area contributed by atoms with Gasteiger partial charge in [-0.15, -0.1) is 0 Å². The lowest BCUT2D eigenvalue weighted by Crippen LogP contribution is -2.29. The van der Waals surface area contributed by atoms with Crippen LogP contribution in [0.15, 0.2) is 35.1 Å². The van der Waals surface area contributed by atoms with E-state index < -0.39 is 0 Å². The van der Waals surface area contributed by atoms with Crippen molar-refractivity contribution in [2.24, 2.45) is 5.92 Å². The molecule has 112 valence electrons. The lowest BCUT2D eigenvalue weighted by atomic mass is 10.1. The summed E-state index contributed by atoms with van der Waals surface area (Å²) < 4.78 is 0. The van der Waals surface area contributed by atoms with Gasteiger partial charge in [0.15, 0.2) is 0 Å². The topological polar surface area (TPSA) is 48.1 Å². The Morgan fingerprint density at radius 1 is 1.29 bits per heavy atom.